The fraction of sp³-hybridized carbons (Fsp3) is 0.188. The fourth-order valence-corrected chi connectivity index (χ4v) is 3.72. The molecule has 0 fully saturated rings. The highest BCUT2D eigenvalue weighted by Crippen LogP contribution is 2.30. The highest BCUT2D eigenvalue weighted by molar-refractivity contribution is 7.92. The molecule has 0 aromatic heterocycles. The van der Waals surface area contributed by atoms with Crippen molar-refractivity contribution < 1.29 is 34.8 Å². The van der Waals surface area contributed by atoms with Crippen LogP contribution in [0.4, 0.5) is 24.5 Å². The van der Waals surface area contributed by atoms with Gasteiger partial charge in [-0.2, -0.15) is 13.2 Å². The predicted octanol–water partition coefficient (Wildman–Crippen LogP) is 1.99. The van der Waals surface area contributed by atoms with Crippen molar-refractivity contribution in [2.24, 2.45) is 0 Å². The van der Waals surface area contributed by atoms with Crippen LogP contribution >= 0.6 is 0 Å². The van der Waals surface area contributed by atoms with Gasteiger partial charge in [0.25, 0.3) is 0 Å². The van der Waals surface area contributed by atoms with Crippen molar-refractivity contribution in [2.75, 3.05) is 22.8 Å². The number of anilines is 2. The molecule has 13 heteroatoms. The summed E-state index contributed by atoms with van der Waals surface area (Å²) in [5.74, 6) is -0.774. The first-order valence-corrected chi connectivity index (χ1v) is 11.2. The quantitative estimate of drug-likeness (QED) is 0.595. The number of hydrogen-bond donors (Lipinski definition) is 3. The smallest absolute Gasteiger partial charge is 0.325 e. The summed E-state index contributed by atoms with van der Waals surface area (Å²) in [5, 5.41) is 2.37. The van der Waals surface area contributed by atoms with E-state index in [2.05, 4.69) is 10.0 Å². The SMILES string of the molecule is CS(=O)(=O)Nc1ccc(NC(=O)CNS(=O)(=O)c2cccc(C(F)(F)F)c2)cc1. The summed E-state index contributed by atoms with van der Waals surface area (Å²) in [5.41, 5.74) is -0.615. The Bertz CT molecular complexity index is 1100. The lowest BCUT2D eigenvalue weighted by atomic mass is 10.2. The molecule has 158 valence electrons. The largest absolute Gasteiger partial charge is 0.416 e. The molecule has 1 amide bonds. The van der Waals surface area contributed by atoms with Crippen molar-refractivity contribution in [2.45, 2.75) is 11.1 Å². The van der Waals surface area contributed by atoms with Crippen molar-refractivity contribution in [3.8, 4) is 0 Å². The summed E-state index contributed by atoms with van der Waals surface area (Å²) in [4.78, 5) is 11.3. The number of benzene rings is 2. The van der Waals surface area contributed by atoms with E-state index in [0.29, 0.717) is 6.07 Å². The van der Waals surface area contributed by atoms with Gasteiger partial charge in [0.15, 0.2) is 0 Å². The number of alkyl halides is 3. The topological polar surface area (TPSA) is 121 Å². The number of carbonyl (C=O) groups is 1. The van der Waals surface area contributed by atoms with Crippen LogP contribution in [0.5, 0.6) is 0 Å². The lowest BCUT2D eigenvalue weighted by Gasteiger charge is -2.11. The van der Waals surface area contributed by atoms with Crippen molar-refractivity contribution >= 4 is 37.3 Å². The van der Waals surface area contributed by atoms with Crippen LogP contribution in [-0.4, -0.2) is 35.5 Å². The molecule has 29 heavy (non-hydrogen) atoms. The second-order valence-corrected chi connectivity index (χ2v) is 9.37. The molecule has 2 aromatic carbocycles. The molecule has 3 N–H and O–H groups in total. The predicted molar refractivity (Wildman–Crippen MR) is 100 cm³/mol. The average molecular weight is 451 g/mol. The molecule has 0 aliphatic rings. The number of hydrogen-bond acceptors (Lipinski definition) is 5. The van der Waals surface area contributed by atoms with Gasteiger partial charge in [0, 0.05) is 11.4 Å². The highest BCUT2D eigenvalue weighted by atomic mass is 32.2. The summed E-state index contributed by atoms with van der Waals surface area (Å²) < 4.78 is 88.8. The Morgan fingerprint density at radius 2 is 1.55 bits per heavy atom. The Hall–Kier alpha value is -2.64. The number of rotatable bonds is 7. The number of carbonyl (C=O) groups excluding carboxylic acids is 1. The van der Waals surface area contributed by atoms with Crippen molar-refractivity contribution in [1.29, 1.82) is 0 Å². The molecule has 0 saturated heterocycles. The summed E-state index contributed by atoms with van der Waals surface area (Å²) in [7, 11) is -7.81. The molecule has 0 saturated carbocycles. The van der Waals surface area contributed by atoms with Gasteiger partial charge in [0.05, 0.1) is 23.3 Å². The number of sulfonamides is 2. The Morgan fingerprint density at radius 3 is 2.10 bits per heavy atom. The molecular weight excluding hydrogens is 435 g/mol. The van der Waals surface area contributed by atoms with Gasteiger partial charge in [-0.25, -0.2) is 21.6 Å². The first-order chi connectivity index (χ1) is 13.3. The van der Waals surface area contributed by atoms with Crippen molar-refractivity contribution in [1.82, 2.24) is 4.72 Å². The van der Waals surface area contributed by atoms with Gasteiger partial charge in [-0.05, 0) is 42.5 Å². The second kappa shape index (κ2) is 8.39. The van der Waals surface area contributed by atoms with Crippen LogP contribution < -0.4 is 14.8 Å². The zero-order valence-corrected chi connectivity index (χ0v) is 16.5. The van der Waals surface area contributed by atoms with E-state index in [1.165, 1.54) is 24.3 Å². The first-order valence-electron chi connectivity index (χ1n) is 7.81. The molecule has 0 spiro atoms. The molecule has 0 bridgehead atoms. The average Bonchev–Trinajstić information content (AvgIpc) is 2.60. The van der Waals surface area contributed by atoms with Crippen LogP contribution in [0.25, 0.3) is 0 Å². The van der Waals surface area contributed by atoms with Crippen LogP contribution in [-0.2, 0) is 31.0 Å². The maximum absolute atomic E-state index is 12.7. The van der Waals surface area contributed by atoms with E-state index >= 15 is 0 Å². The van der Waals surface area contributed by atoms with E-state index in [1.54, 1.807) is 0 Å². The van der Waals surface area contributed by atoms with E-state index in [9.17, 15) is 34.8 Å². The number of amides is 1. The summed E-state index contributed by atoms with van der Waals surface area (Å²) in [6.45, 7) is -0.720. The molecule has 0 heterocycles. The van der Waals surface area contributed by atoms with Crippen molar-refractivity contribution in [3.05, 3.63) is 54.1 Å². The van der Waals surface area contributed by atoms with E-state index < -0.39 is 49.1 Å². The number of halogens is 3. The lowest BCUT2D eigenvalue weighted by Crippen LogP contribution is -2.33. The van der Waals surface area contributed by atoms with Gasteiger partial charge in [0.2, 0.25) is 26.0 Å². The lowest BCUT2D eigenvalue weighted by molar-refractivity contribution is -0.137. The van der Waals surface area contributed by atoms with E-state index in [1.807, 2.05) is 4.72 Å². The maximum Gasteiger partial charge on any atom is 0.416 e. The second-order valence-electron chi connectivity index (χ2n) is 5.85. The van der Waals surface area contributed by atoms with Gasteiger partial charge < -0.3 is 5.32 Å². The molecule has 0 atom stereocenters. The van der Waals surface area contributed by atoms with Crippen LogP contribution in [0, 0.1) is 0 Å². The summed E-state index contributed by atoms with van der Waals surface area (Å²) >= 11 is 0. The Labute approximate surface area is 165 Å². The summed E-state index contributed by atoms with van der Waals surface area (Å²) in [6, 6.07) is 8.64. The Balaban J connectivity index is 1.99. The zero-order chi connectivity index (χ0) is 21.9. The molecule has 2 rings (SSSR count). The molecule has 0 radical (unpaired) electrons. The molecule has 2 aromatic rings. The third kappa shape index (κ3) is 7.03. The normalized spacial score (nSPS) is 12.4. The van der Waals surface area contributed by atoms with Crippen molar-refractivity contribution in [3.63, 3.8) is 0 Å². The highest BCUT2D eigenvalue weighted by Gasteiger charge is 2.31. The van der Waals surface area contributed by atoms with Gasteiger partial charge in [0.1, 0.15) is 0 Å². The third-order valence-electron chi connectivity index (χ3n) is 3.37. The summed E-state index contributed by atoms with van der Waals surface area (Å²) in [6.07, 6.45) is -3.74. The van der Waals surface area contributed by atoms with E-state index in [4.69, 9.17) is 0 Å². The van der Waals surface area contributed by atoms with E-state index in [0.717, 1.165) is 24.5 Å². The standard InChI is InChI=1S/C16H16F3N3O5S2/c1-28(24,25)22-13-7-5-12(6-8-13)21-15(23)10-20-29(26,27)14-4-2-3-11(9-14)16(17,18)19/h2-9,20,22H,10H2,1H3,(H,21,23). The van der Waals surface area contributed by atoms with Crippen LogP contribution in [0.15, 0.2) is 53.4 Å². The number of nitrogens with one attached hydrogen (secondary N) is 3. The van der Waals surface area contributed by atoms with E-state index in [-0.39, 0.29) is 11.4 Å². The third-order valence-corrected chi connectivity index (χ3v) is 5.37. The molecule has 0 aliphatic heterocycles. The van der Waals surface area contributed by atoms with Crippen LogP contribution in [0.2, 0.25) is 0 Å². The molecule has 0 unspecified atom stereocenters. The molecular formula is C16H16F3N3O5S2. The zero-order valence-electron chi connectivity index (χ0n) is 14.8. The minimum atomic E-state index is -4.71. The monoisotopic (exact) mass is 451 g/mol. The molecule has 0 aliphatic carbocycles. The van der Waals surface area contributed by atoms with Gasteiger partial charge in [-0.15, -0.1) is 0 Å². The van der Waals surface area contributed by atoms with Crippen LogP contribution in [0.1, 0.15) is 5.56 Å². The van der Waals surface area contributed by atoms with Gasteiger partial charge in [-0.1, -0.05) is 6.07 Å². The Morgan fingerprint density at radius 1 is 0.966 bits per heavy atom. The first kappa shape index (κ1) is 22.6. The minimum absolute atomic E-state index is 0.257. The van der Waals surface area contributed by atoms with Gasteiger partial charge in [-0.3, -0.25) is 9.52 Å². The minimum Gasteiger partial charge on any atom is -0.325 e. The van der Waals surface area contributed by atoms with Crippen LogP contribution in [0.3, 0.4) is 0 Å². The fourth-order valence-electron chi connectivity index (χ4n) is 2.12. The maximum atomic E-state index is 12.7. The van der Waals surface area contributed by atoms with Gasteiger partial charge >= 0.3 is 6.18 Å². The Kier molecular flexibility index (Phi) is 6.55. The molecule has 8 nitrogen and oxygen atoms in total.